The molecule has 144 valence electrons. The zero-order valence-corrected chi connectivity index (χ0v) is 20.6. The van der Waals surface area contributed by atoms with Crippen molar-refractivity contribution in [3.05, 3.63) is 61.0 Å². The van der Waals surface area contributed by atoms with Crippen LogP contribution >= 0.6 is 0 Å². The quantitative estimate of drug-likeness (QED) is 0.425. The number of aromatic nitrogens is 3. The van der Waals surface area contributed by atoms with E-state index in [4.69, 9.17) is 6.58 Å². The smallest absolute Gasteiger partial charge is 0.904 e. The Bertz CT molecular complexity index is 803. The van der Waals surface area contributed by atoms with Crippen molar-refractivity contribution in [1.82, 2.24) is 20.5 Å². The van der Waals surface area contributed by atoms with Crippen LogP contribution in [-0.4, -0.2) is 46.1 Å². The molecule has 2 aromatic rings. The van der Waals surface area contributed by atoms with E-state index in [9.17, 15) is 5.41 Å². The molecule has 1 fully saturated rings. The number of hydrogen-bond donors (Lipinski definition) is 1. The van der Waals surface area contributed by atoms with E-state index in [-0.39, 0.29) is 64.5 Å². The molecule has 0 bridgehead atoms. The second-order valence-corrected chi connectivity index (χ2v) is 6.98. The number of aryl methyl sites for hydroxylation is 1. The molecule has 1 saturated heterocycles. The fourth-order valence-corrected chi connectivity index (χ4v) is 3.29. The average Bonchev–Trinajstić information content (AvgIpc) is 3.09. The van der Waals surface area contributed by atoms with Crippen molar-refractivity contribution in [1.29, 1.82) is 0 Å². The van der Waals surface area contributed by atoms with E-state index in [2.05, 4.69) is 39.2 Å². The fourth-order valence-electron chi connectivity index (χ4n) is 3.29. The molecule has 0 aliphatic carbocycles. The maximum absolute atomic E-state index is 9.73. The molecule has 1 aromatic heterocycles. The standard InChI is InChI=1S/C20H24N6.CH3.K/c1-5-18(21)15-6-7-17(14(4)10-15)19-11-22-20(25-24-19)26-9-8-16(12-26)23-13(2)3;;/h1,5-7,10-11,13,16,23H,8-9,12H2,2-4H3;1H3;/q-2;-1;+1. The van der Waals surface area contributed by atoms with E-state index in [1.54, 1.807) is 12.3 Å². The molecule has 3 rings (SSSR count). The molecule has 7 heteroatoms. The van der Waals surface area contributed by atoms with Crippen molar-refractivity contribution in [2.24, 2.45) is 0 Å². The third-order valence-corrected chi connectivity index (χ3v) is 4.55. The molecule has 2 heterocycles. The number of nitrogens with zero attached hydrogens (tertiary/aromatic N) is 5. The summed E-state index contributed by atoms with van der Waals surface area (Å²) in [4.78, 5) is 6.67. The second kappa shape index (κ2) is 11.3. The summed E-state index contributed by atoms with van der Waals surface area (Å²) in [5, 5.41) is 22.0. The Labute approximate surface area is 211 Å². The zero-order chi connectivity index (χ0) is 18.7. The molecule has 1 atom stereocenters. The largest absolute Gasteiger partial charge is 1.00 e. The van der Waals surface area contributed by atoms with Gasteiger partial charge in [-0.05, 0) is 18.9 Å². The normalized spacial score (nSPS) is 15.7. The van der Waals surface area contributed by atoms with Crippen LogP contribution in [0.4, 0.5) is 5.95 Å². The van der Waals surface area contributed by atoms with Gasteiger partial charge in [0.05, 0.1) is 6.20 Å². The van der Waals surface area contributed by atoms with Crippen LogP contribution in [0.25, 0.3) is 16.7 Å². The average molecular weight is 403 g/mol. The number of nitrogens with one attached hydrogen (secondary N) is 1. The van der Waals surface area contributed by atoms with Crippen molar-refractivity contribution >= 4 is 11.7 Å². The minimum atomic E-state index is 0. The predicted molar refractivity (Wildman–Crippen MR) is 112 cm³/mol. The fraction of sp³-hybridized carbons (Fsp3) is 0.381. The van der Waals surface area contributed by atoms with Crippen LogP contribution in [0.1, 0.15) is 31.4 Å². The zero-order valence-electron chi connectivity index (χ0n) is 17.5. The Kier molecular flexibility index (Phi) is 10.1. The molecular formula is C21H27KN6-2. The number of allylic oxidation sites excluding steroid dienone is 1. The van der Waals surface area contributed by atoms with Gasteiger partial charge in [0.2, 0.25) is 5.95 Å². The van der Waals surface area contributed by atoms with Gasteiger partial charge in [0.25, 0.3) is 0 Å². The van der Waals surface area contributed by atoms with Gasteiger partial charge in [-0.25, -0.2) is 4.98 Å². The SMILES string of the molecule is [CH-]=CC(=[N-])c1ccc(-c2cnc(N3CCC(NC(C)C)C3)nn2)c(C)c1.[CH3-].[K+]. The maximum atomic E-state index is 9.73. The van der Waals surface area contributed by atoms with E-state index < -0.39 is 0 Å². The molecule has 1 unspecified atom stereocenters. The predicted octanol–water partition coefficient (Wildman–Crippen LogP) is 0.226. The molecule has 0 radical (unpaired) electrons. The van der Waals surface area contributed by atoms with Gasteiger partial charge in [0.1, 0.15) is 5.69 Å². The van der Waals surface area contributed by atoms with Crippen LogP contribution in [0.2, 0.25) is 0 Å². The van der Waals surface area contributed by atoms with Gasteiger partial charge < -0.3 is 28.8 Å². The first kappa shape index (κ1) is 25.1. The van der Waals surface area contributed by atoms with Gasteiger partial charge >= 0.3 is 51.4 Å². The van der Waals surface area contributed by atoms with E-state index >= 15 is 0 Å². The minimum absolute atomic E-state index is 0. The van der Waals surface area contributed by atoms with Crippen molar-refractivity contribution < 1.29 is 51.4 Å². The van der Waals surface area contributed by atoms with E-state index in [1.165, 1.54) is 6.08 Å². The monoisotopic (exact) mass is 402 g/mol. The summed E-state index contributed by atoms with van der Waals surface area (Å²) in [5.41, 5.74) is 3.35. The molecule has 6 nitrogen and oxygen atoms in total. The van der Waals surface area contributed by atoms with Crippen LogP contribution < -0.4 is 61.6 Å². The number of hydrogen-bond acceptors (Lipinski definition) is 5. The summed E-state index contributed by atoms with van der Waals surface area (Å²) in [6.07, 6.45) is 4.02. The van der Waals surface area contributed by atoms with Gasteiger partial charge in [-0.1, -0.05) is 32.0 Å². The van der Waals surface area contributed by atoms with E-state index in [1.807, 2.05) is 19.1 Å². The summed E-state index contributed by atoms with van der Waals surface area (Å²) >= 11 is 0. The third-order valence-electron chi connectivity index (χ3n) is 4.55. The maximum Gasteiger partial charge on any atom is 1.00 e. The Morgan fingerprint density at radius 2 is 2.11 bits per heavy atom. The number of benzene rings is 1. The Hall–Kier alpha value is -0.964. The van der Waals surface area contributed by atoms with E-state index in [0.29, 0.717) is 29.3 Å². The van der Waals surface area contributed by atoms with Crippen LogP contribution in [0, 0.1) is 20.9 Å². The van der Waals surface area contributed by atoms with Gasteiger partial charge in [-0.3, -0.25) is 12.7 Å². The molecule has 28 heavy (non-hydrogen) atoms. The summed E-state index contributed by atoms with van der Waals surface area (Å²) < 4.78 is 0. The van der Waals surface area contributed by atoms with Crippen molar-refractivity contribution in [2.75, 3.05) is 18.0 Å². The summed E-state index contributed by atoms with van der Waals surface area (Å²) in [5.74, 6) is 0.666. The van der Waals surface area contributed by atoms with Crippen LogP contribution in [0.3, 0.4) is 0 Å². The molecule has 0 saturated carbocycles. The van der Waals surface area contributed by atoms with Crippen LogP contribution in [0.15, 0.2) is 30.5 Å². The number of anilines is 1. The minimum Gasteiger partial charge on any atom is -0.904 e. The Morgan fingerprint density at radius 1 is 1.36 bits per heavy atom. The number of rotatable bonds is 6. The Balaban J connectivity index is 0.00000196. The Morgan fingerprint density at radius 3 is 2.68 bits per heavy atom. The van der Waals surface area contributed by atoms with Gasteiger partial charge in [0.15, 0.2) is 0 Å². The molecule has 0 amide bonds. The summed E-state index contributed by atoms with van der Waals surface area (Å²) in [6.45, 7) is 13.5. The van der Waals surface area contributed by atoms with Crippen molar-refractivity contribution in [3.63, 3.8) is 0 Å². The molecular weight excluding hydrogens is 375 g/mol. The van der Waals surface area contributed by atoms with Crippen LogP contribution in [0.5, 0.6) is 0 Å². The molecule has 1 N–H and O–H groups in total. The van der Waals surface area contributed by atoms with Crippen LogP contribution in [-0.2, 0) is 0 Å². The van der Waals surface area contributed by atoms with Gasteiger partial charge in [-0.15, -0.1) is 15.8 Å². The van der Waals surface area contributed by atoms with Gasteiger partial charge in [0, 0.05) is 30.7 Å². The second-order valence-electron chi connectivity index (χ2n) is 6.98. The molecule has 0 spiro atoms. The molecule has 1 aromatic carbocycles. The third kappa shape index (κ3) is 6.02. The molecule has 1 aliphatic heterocycles. The summed E-state index contributed by atoms with van der Waals surface area (Å²) in [7, 11) is 0. The van der Waals surface area contributed by atoms with Crippen molar-refractivity contribution in [3.8, 4) is 11.3 Å². The van der Waals surface area contributed by atoms with E-state index in [0.717, 1.165) is 30.6 Å². The summed E-state index contributed by atoms with van der Waals surface area (Å²) in [6, 6.07) is 6.51. The first-order chi connectivity index (χ1) is 12.5. The topological polar surface area (TPSA) is 76.2 Å². The molecule has 1 aliphatic rings. The first-order valence-electron chi connectivity index (χ1n) is 8.91. The van der Waals surface area contributed by atoms with Crippen molar-refractivity contribution in [2.45, 2.75) is 39.3 Å². The first-order valence-corrected chi connectivity index (χ1v) is 8.91. The van der Waals surface area contributed by atoms with Gasteiger partial charge in [-0.2, -0.15) is 0 Å².